The van der Waals surface area contributed by atoms with Crippen LogP contribution in [-0.2, 0) is 4.74 Å². The van der Waals surface area contributed by atoms with Gasteiger partial charge in [0.1, 0.15) is 0 Å². The number of ether oxygens (including phenoxy) is 1. The van der Waals surface area contributed by atoms with E-state index >= 15 is 0 Å². The SMILES string of the molecule is CC(C1CCC(CC(C)(C)CC2CCCO2)C1)C(C)(C)C. The zero-order valence-corrected chi connectivity index (χ0v) is 15.4. The maximum Gasteiger partial charge on any atom is 0.0581 e. The molecule has 0 radical (unpaired) electrons. The van der Waals surface area contributed by atoms with Crippen molar-refractivity contribution in [1.29, 1.82) is 0 Å². The van der Waals surface area contributed by atoms with Crippen LogP contribution in [0.25, 0.3) is 0 Å². The van der Waals surface area contributed by atoms with Crippen LogP contribution < -0.4 is 0 Å². The summed E-state index contributed by atoms with van der Waals surface area (Å²) < 4.78 is 5.86. The van der Waals surface area contributed by atoms with Crippen LogP contribution in [0.15, 0.2) is 0 Å². The van der Waals surface area contributed by atoms with Crippen molar-refractivity contribution in [2.75, 3.05) is 6.61 Å². The predicted octanol–water partition coefficient (Wildman–Crippen LogP) is 6.07. The average Bonchev–Trinajstić information content (AvgIpc) is 2.97. The van der Waals surface area contributed by atoms with Crippen LogP contribution in [0.2, 0.25) is 0 Å². The lowest BCUT2D eigenvalue weighted by atomic mass is 9.72. The van der Waals surface area contributed by atoms with Crippen LogP contribution in [0.5, 0.6) is 0 Å². The van der Waals surface area contributed by atoms with Gasteiger partial charge < -0.3 is 4.74 Å². The van der Waals surface area contributed by atoms with E-state index in [0.717, 1.165) is 24.4 Å². The molecule has 21 heavy (non-hydrogen) atoms. The summed E-state index contributed by atoms with van der Waals surface area (Å²) in [5.74, 6) is 2.76. The summed E-state index contributed by atoms with van der Waals surface area (Å²) >= 11 is 0. The first-order valence-electron chi connectivity index (χ1n) is 9.29. The summed E-state index contributed by atoms with van der Waals surface area (Å²) in [5, 5.41) is 0. The largest absolute Gasteiger partial charge is 0.378 e. The maximum absolute atomic E-state index is 5.86. The van der Waals surface area contributed by atoms with E-state index in [1.54, 1.807) is 0 Å². The first-order chi connectivity index (χ1) is 9.67. The first kappa shape index (κ1) is 17.3. The molecule has 1 saturated heterocycles. The van der Waals surface area contributed by atoms with Crippen molar-refractivity contribution in [3.63, 3.8) is 0 Å². The molecule has 2 fully saturated rings. The molecule has 1 aliphatic carbocycles. The monoisotopic (exact) mass is 294 g/mol. The van der Waals surface area contributed by atoms with Crippen LogP contribution >= 0.6 is 0 Å². The number of hydrogen-bond donors (Lipinski definition) is 0. The molecule has 0 aromatic heterocycles. The van der Waals surface area contributed by atoms with Crippen molar-refractivity contribution in [2.45, 2.75) is 92.6 Å². The summed E-state index contributed by atoms with van der Waals surface area (Å²) in [6.07, 6.45) is 10.2. The third-order valence-corrected chi connectivity index (χ3v) is 6.30. The average molecular weight is 295 g/mol. The fraction of sp³-hybridized carbons (Fsp3) is 1.00. The van der Waals surface area contributed by atoms with Crippen molar-refractivity contribution < 1.29 is 4.74 Å². The Balaban J connectivity index is 1.81. The molecule has 0 aromatic rings. The highest BCUT2D eigenvalue weighted by atomic mass is 16.5. The molecule has 4 atom stereocenters. The topological polar surface area (TPSA) is 9.23 Å². The van der Waals surface area contributed by atoms with Crippen LogP contribution in [0, 0.1) is 28.6 Å². The second kappa shape index (κ2) is 6.60. The van der Waals surface area contributed by atoms with E-state index < -0.39 is 0 Å². The van der Waals surface area contributed by atoms with E-state index in [4.69, 9.17) is 4.74 Å². The molecule has 1 heterocycles. The van der Waals surface area contributed by atoms with E-state index in [2.05, 4.69) is 41.5 Å². The second-order valence-corrected chi connectivity index (χ2v) is 9.80. The fourth-order valence-electron chi connectivity index (χ4n) is 4.75. The minimum Gasteiger partial charge on any atom is -0.378 e. The lowest BCUT2D eigenvalue weighted by Gasteiger charge is -2.33. The third kappa shape index (κ3) is 4.98. The van der Waals surface area contributed by atoms with Gasteiger partial charge in [0.05, 0.1) is 6.10 Å². The molecular formula is C20H38O. The molecule has 0 amide bonds. The molecule has 1 nitrogen and oxygen atoms in total. The maximum atomic E-state index is 5.86. The number of rotatable bonds is 5. The van der Waals surface area contributed by atoms with Gasteiger partial charge in [0, 0.05) is 6.61 Å². The Hall–Kier alpha value is -0.0400. The second-order valence-electron chi connectivity index (χ2n) is 9.80. The lowest BCUT2D eigenvalue weighted by Crippen LogP contribution is -2.25. The molecule has 124 valence electrons. The lowest BCUT2D eigenvalue weighted by molar-refractivity contribution is 0.0628. The van der Waals surface area contributed by atoms with Gasteiger partial charge in [-0.05, 0) is 67.1 Å². The van der Waals surface area contributed by atoms with Gasteiger partial charge >= 0.3 is 0 Å². The van der Waals surface area contributed by atoms with E-state index in [9.17, 15) is 0 Å². The van der Waals surface area contributed by atoms with Gasteiger partial charge in [-0.2, -0.15) is 0 Å². The smallest absolute Gasteiger partial charge is 0.0581 e. The summed E-state index contributed by atoms with van der Waals surface area (Å²) in [5.41, 5.74) is 0.923. The fourth-order valence-corrected chi connectivity index (χ4v) is 4.75. The van der Waals surface area contributed by atoms with Gasteiger partial charge in [-0.25, -0.2) is 0 Å². The molecule has 2 rings (SSSR count). The molecule has 4 unspecified atom stereocenters. The highest BCUT2D eigenvalue weighted by Crippen LogP contribution is 2.47. The zero-order valence-electron chi connectivity index (χ0n) is 15.4. The summed E-state index contributed by atoms with van der Waals surface area (Å²) in [4.78, 5) is 0. The summed E-state index contributed by atoms with van der Waals surface area (Å²) in [7, 11) is 0. The van der Waals surface area contributed by atoms with Crippen LogP contribution in [0.1, 0.15) is 86.5 Å². The summed E-state index contributed by atoms with van der Waals surface area (Å²) in [6, 6.07) is 0. The van der Waals surface area contributed by atoms with Crippen molar-refractivity contribution >= 4 is 0 Å². The van der Waals surface area contributed by atoms with Crippen molar-refractivity contribution in [3.05, 3.63) is 0 Å². The quantitative estimate of drug-likeness (QED) is 0.598. The molecule has 0 aromatic carbocycles. The third-order valence-electron chi connectivity index (χ3n) is 6.30. The van der Waals surface area contributed by atoms with Gasteiger partial charge in [0.25, 0.3) is 0 Å². The molecule has 1 heteroatoms. The van der Waals surface area contributed by atoms with Crippen LogP contribution in [0.4, 0.5) is 0 Å². The van der Waals surface area contributed by atoms with E-state index in [1.165, 1.54) is 44.9 Å². The highest BCUT2D eigenvalue weighted by molar-refractivity contribution is 4.87. The van der Waals surface area contributed by atoms with Crippen molar-refractivity contribution in [2.24, 2.45) is 28.6 Å². The Morgan fingerprint density at radius 2 is 1.71 bits per heavy atom. The van der Waals surface area contributed by atoms with Crippen molar-refractivity contribution in [1.82, 2.24) is 0 Å². The Morgan fingerprint density at radius 1 is 1.00 bits per heavy atom. The van der Waals surface area contributed by atoms with Crippen LogP contribution in [0.3, 0.4) is 0 Å². The molecule has 0 spiro atoms. The standard InChI is InChI=1S/C20H38O/c1-15(19(2,3)4)17-10-9-16(12-17)13-20(5,6)14-18-8-7-11-21-18/h15-18H,7-14H2,1-6H3. The minimum atomic E-state index is 0.458. The number of hydrogen-bond acceptors (Lipinski definition) is 1. The molecule has 1 aliphatic heterocycles. The van der Waals surface area contributed by atoms with Crippen LogP contribution in [-0.4, -0.2) is 12.7 Å². The van der Waals surface area contributed by atoms with E-state index in [-0.39, 0.29) is 0 Å². The van der Waals surface area contributed by atoms with Gasteiger partial charge in [-0.3, -0.25) is 0 Å². The van der Waals surface area contributed by atoms with E-state index in [0.29, 0.717) is 16.9 Å². The molecular weight excluding hydrogens is 256 g/mol. The van der Waals surface area contributed by atoms with Gasteiger partial charge in [-0.1, -0.05) is 48.0 Å². The molecule has 0 bridgehead atoms. The highest BCUT2D eigenvalue weighted by Gasteiger charge is 2.37. The Bertz CT molecular complexity index is 319. The van der Waals surface area contributed by atoms with Crippen molar-refractivity contribution in [3.8, 4) is 0 Å². The van der Waals surface area contributed by atoms with Gasteiger partial charge in [-0.15, -0.1) is 0 Å². The normalized spacial score (nSPS) is 32.6. The Morgan fingerprint density at radius 3 is 2.29 bits per heavy atom. The minimum absolute atomic E-state index is 0.458. The summed E-state index contributed by atoms with van der Waals surface area (Å²) in [6.45, 7) is 15.6. The molecule has 0 N–H and O–H groups in total. The van der Waals surface area contributed by atoms with Gasteiger partial charge in [0.2, 0.25) is 0 Å². The molecule has 2 aliphatic rings. The Labute approximate surface area is 133 Å². The Kier molecular flexibility index (Phi) is 5.45. The van der Waals surface area contributed by atoms with E-state index in [1.807, 2.05) is 0 Å². The predicted molar refractivity (Wildman–Crippen MR) is 91.4 cm³/mol. The van der Waals surface area contributed by atoms with Gasteiger partial charge in [0.15, 0.2) is 0 Å². The first-order valence-corrected chi connectivity index (χ1v) is 9.29. The molecule has 1 saturated carbocycles. The zero-order chi connectivity index (χ0) is 15.7.